The molecule has 0 saturated heterocycles. The SMILES string of the molecule is CCN(CCNC(=NC)NCC(C)C)C(=O)OC(C)(C)C.I. The quantitative estimate of drug-likeness (QED) is 0.388. The molecule has 0 rings (SSSR count). The summed E-state index contributed by atoms with van der Waals surface area (Å²) < 4.78 is 5.37. The van der Waals surface area contributed by atoms with E-state index in [4.69, 9.17) is 4.74 Å². The van der Waals surface area contributed by atoms with E-state index < -0.39 is 5.60 Å². The van der Waals surface area contributed by atoms with Crippen LogP contribution in [0.5, 0.6) is 0 Å². The van der Waals surface area contributed by atoms with Crippen molar-refractivity contribution in [2.24, 2.45) is 10.9 Å². The highest BCUT2D eigenvalue weighted by molar-refractivity contribution is 14.0. The number of nitrogens with one attached hydrogen (secondary N) is 2. The zero-order chi connectivity index (χ0) is 16.5. The van der Waals surface area contributed by atoms with Crippen molar-refractivity contribution in [1.82, 2.24) is 15.5 Å². The molecule has 0 unspecified atom stereocenters. The summed E-state index contributed by atoms with van der Waals surface area (Å²) in [4.78, 5) is 17.8. The Kier molecular flexibility index (Phi) is 12.6. The number of carbonyl (C=O) groups excluding carboxylic acids is 1. The summed E-state index contributed by atoms with van der Waals surface area (Å²) in [6.07, 6.45) is -0.281. The molecule has 0 aromatic rings. The number of ether oxygens (including phenoxy) is 1. The van der Waals surface area contributed by atoms with Gasteiger partial charge in [-0.25, -0.2) is 4.79 Å². The first-order chi connectivity index (χ1) is 9.69. The van der Waals surface area contributed by atoms with E-state index in [1.807, 2.05) is 27.7 Å². The van der Waals surface area contributed by atoms with Gasteiger partial charge in [0.2, 0.25) is 0 Å². The minimum atomic E-state index is -0.465. The summed E-state index contributed by atoms with van der Waals surface area (Å²) in [7, 11) is 1.74. The Labute approximate surface area is 152 Å². The molecule has 0 spiro atoms. The van der Waals surface area contributed by atoms with E-state index in [9.17, 15) is 4.79 Å². The van der Waals surface area contributed by atoms with Crippen molar-refractivity contribution >= 4 is 36.0 Å². The first-order valence-corrected chi connectivity index (χ1v) is 7.62. The Balaban J connectivity index is 0. The standard InChI is InChI=1S/C15H32N4O2.HI/c1-8-19(14(20)21-15(4,5)6)10-9-17-13(16-7)18-11-12(2)3;/h12H,8-11H2,1-7H3,(H2,16,17,18);1H. The smallest absolute Gasteiger partial charge is 0.410 e. The highest BCUT2D eigenvalue weighted by atomic mass is 127. The predicted molar refractivity (Wildman–Crippen MR) is 103 cm³/mol. The number of halogens is 1. The van der Waals surface area contributed by atoms with Gasteiger partial charge in [-0.15, -0.1) is 24.0 Å². The van der Waals surface area contributed by atoms with E-state index in [0.717, 1.165) is 12.5 Å². The van der Waals surface area contributed by atoms with Gasteiger partial charge in [-0.2, -0.15) is 0 Å². The van der Waals surface area contributed by atoms with Crippen molar-refractivity contribution in [2.45, 2.75) is 47.1 Å². The van der Waals surface area contributed by atoms with E-state index in [1.54, 1.807) is 11.9 Å². The maximum atomic E-state index is 12.0. The van der Waals surface area contributed by atoms with Crippen molar-refractivity contribution in [3.63, 3.8) is 0 Å². The number of rotatable bonds is 6. The van der Waals surface area contributed by atoms with Crippen LogP contribution < -0.4 is 10.6 Å². The first-order valence-electron chi connectivity index (χ1n) is 7.62. The van der Waals surface area contributed by atoms with Crippen LogP contribution in [-0.2, 0) is 4.74 Å². The van der Waals surface area contributed by atoms with Crippen LogP contribution in [0.1, 0.15) is 41.5 Å². The number of guanidine groups is 1. The second kappa shape index (κ2) is 11.8. The van der Waals surface area contributed by atoms with Crippen molar-refractivity contribution in [1.29, 1.82) is 0 Å². The molecule has 0 aromatic heterocycles. The van der Waals surface area contributed by atoms with Crippen LogP contribution >= 0.6 is 24.0 Å². The second-order valence-electron chi connectivity index (χ2n) is 6.33. The maximum Gasteiger partial charge on any atom is 0.410 e. The Morgan fingerprint density at radius 1 is 1.27 bits per heavy atom. The number of amides is 1. The summed E-state index contributed by atoms with van der Waals surface area (Å²) >= 11 is 0. The van der Waals surface area contributed by atoms with E-state index >= 15 is 0 Å². The van der Waals surface area contributed by atoms with Gasteiger partial charge in [0, 0.05) is 33.2 Å². The number of aliphatic imine (C=N–C) groups is 1. The van der Waals surface area contributed by atoms with Crippen LogP contribution in [0.3, 0.4) is 0 Å². The van der Waals surface area contributed by atoms with E-state index in [2.05, 4.69) is 29.5 Å². The summed E-state index contributed by atoms with van der Waals surface area (Å²) in [6, 6.07) is 0. The van der Waals surface area contributed by atoms with Crippen LogP contribution in [0.25, 0.3) is 0 Å². The molecule has 0 bridgehead atoms. The highest BCUT2D eigenvalue weighted by Crippen LogP contribution is 2.09. The van der Waals surface area contributed by atoms with Crippen molar-refractivity contribution in [3.05, 3.63) is 0 Å². The molecule has 0 fully saturated rings. The molecular weight excluding hydrogens is 395 g/mol. The van der Waals surface area contributed by atoms with Gasteiger partial charge in [-0.05, 0) is 33.6 Å². The van der Waals surface area contributed by atoms with E-state index in [1.165, 1.54) is 0 Å². The molecule has 132 valence electrons. The second-order valence-corrected chi connectivity index (χ2v) is 6.33. The van der Waals surface area contributed by atoms with Crippen LogP contribution in [-0.4, -0.2) is 55.8 Å². The van der Waals surface area contributed by atoms with Crippen LogP contribution in [0.15, 0.2) is 4.99 Å². The Hall–Kier alpha value is -0.730. The lowest BCUT2D eigenvalue weighted by Crippen LogP contribution is -2.44. The normalized spacial score (nSPS) is 11.7. The molecule has 22 heavy (non-hydrogen) atoms. The minimum Gasteiger partial charge on any atom is -0.444 e. The van der Waals surface area contributed by atoms with Gasteiger partial charge in [0.15, 0.2) is 5.96 Å². The molecule has 7 heteroatoms. The van der Waals surface area contributed by atoms with E-state index in [0.29, 0.717) is 25.6 Å². The summed E-state index contributed by atoms with van der Waals surface area (Å²) in [5.41, 5.74) is -0.465. The third-order valence-corrected chi connectivity index (χ3v) is 2.61. The third-order valence-electron chi connectivity index (χ3n) is 2.61. The predicted octanol–water partition coefficient (Wildman–Crippen LogP) is 2.68. The van der Waals surface area contributed by atoms with Crippen LogP contribution in [0, 0.1) is 5.92 Å². The zero-order valence-electron chi connectivity index (χ0n) is 15.0. The highest BCUT2D eigenvalue weighted by Gasteiger charge is 2.20. The number of nitrogens with zero attached hydrogens (tertiary/aromatic N) is 2. The molecule has 2 N–H and O–H groups in total. The Morgan fingerprint density at radius 3 is 2.27 bits per heavy atom. The molecule has 0 aliphatic carbocycles. The fourth-order valence-electron chi connectivity index (χ4n) is 1.54. The van der Waals surface area contributed by atoms with Crippen molar-refractivity contribution in [2.75, 3.05) is 33.2 Å². The summed E-state index contributed by atoms with van der Waals surface area (Å²) in [5, 5.41) is 6.43. The van der Waals surface area contributed by atoms with Crippen LogP contribution in [0.2, 0.25) is 0 Å². The third kappa shape index (κ3) is 11.9. The average Bonchev–Trinajstić information content (AvgIpc) is 2.35. The monoisotopic (exact) mass is 428 g/mol. The number of hydrogen-bond acceptors (Lipinski definition) is 3. The molecule has 6 nitrogen and oxygen atoms in total. The molecule has 0 atom stereocenters. The molecule has 0 aromatic carbocycles. The average molecular weight is 428 g/mol. The van der Waals surface area contributed by atoms with Gasteiger partial charge in [0.05, 0.1) is 0 Å². The summed E-state index contributed by atoms with van der Waals surface area (Å²) in [5.74, 6) is 1.31. The number of likely N-dealkylation sites (N-methyl/N-ethyl adjacent to an activating group) is 1. The fraction of sp³-hybridized carbons (Fsp3) is 0.867. The largest absolute Gasteiger partial charge is 0.444 e. The topological polar surface area (TPSA) is 66.0 Å². The molecule has 0 aliphatic heterocycles. The first kappa shape index (κ1) is 23.5. The molecule has 1 amide bonds. The Bertz CT molecular complexity index is 341. The number of hydrogen-bond donors (Lipinski definition) is 2. The van der Waals surface area contributed by atoms with Gasteiger partial charge in [-0.1, -0.05) is 13.8 Å². The van der Waals surface area contributed by atoms with Crippen LogP contribution in [0.4, 0.5) is 4.79 Å². The van der Waals surface area contributed by atoms with Gasteiger partial charge in [0.25, 0.3) is 0 Å². The minimum absolute atomic E-state index is 0. The van der Waals surface area contributed by atoms with E-state index in [-0.39, 0.29) is 30.1 Å². The van der Waals surface area contributed by atoms with Gasteiger partial charge >= 0.3 is 6.09 Å². The maximum absolute atomic E-state index is 12.0. The lowest BCUT2D eigenvalue weighted by molar-refractivity contribution is 0.0264. The van der Waals surface area contributed by atoms with Crippen molar-refractivity contribution in [3.8, 4) is 0 Å². The lowest BCUT2D eigenvalue weighted by Gasteiger charge is -2.26. The molecule has 0 radical (unpaired) electrons. The van der Waals surface area contributed by atoms with Crippen molar-refractivity contribution < 1.29 is 9.53 Å². The lowest BCUT2D eigenvalue weighted by atomic mass is 10.2. The number of carbonyl (C=O) groups is 1. The molecule has 0 aliphatic rings. The van der Waals surface area contributed by atoms with Gasteiger partial charge in [-0.3, -0.25) is 4.99 Å². The molecule has 0 saturated carbocycles. The zero-order valence-corrected chi connectivity index (χ0v) is 17.4. The van der Waals surface area contributed by atoms with Gasteiger partial charge < -0.3 is 20.3 Å². The Morgan fingerprint density at radius 2 is 1.86 bits per heavy atom. The fourth-order valence-corrected chi connectivity index (χ4v) is 1.54. The summed E-state index contributed by atoms with van der Waals surface area (Å²) in [6.45, 7) is 14.5. The molecular formula is C15H33IN4O2. The molecule has 0 heterocycles. The van der Waals surface area contributed by atoms with Gasteiger partial charge in [0.1, 0.15) is 5.60 Å².